The Bertz CT molecular complexity index is 691. The highest BCUT2D eigenvalue weighted by atomic mass is 35.5. The minimum absolute atomic E-state index is 0.265. The smallest absolute Gasteiger partial charge is 0.319 e. The van der Waals surface area contributed by atoms with Gasteiger partial charge in [0, 0.05) is 16.3 Å². The number of halogens is 1. The number of nitrogens with one attached hydrogen (secondary N) is 2. The average Bonchev–Trinajstić information content (AvgIpc) is 2.54. The molecule has 2 amide bonds. The summed E-state index contributed by atoms with van der Waals surface area (Å²) in [6.07, 6.45) is 0. The number of methoxy groups -OCH3 is 2. The molecule has 0 aliphatic carbocycles. The van der Waals surface area contributed by atoms with E-state index in [0.29, 0.717) is 22.2 Å². The van der Waals surface area contributed by atoms with Gasteiger partial charge < -0.3 is 20.1 Å². The van der Waals surface area contributed by atoms with Crippen molar-refractivity contribution >= 4 is 23.3 Å². The zero-order chi connectivity index (χ0) is 16.8. The van der Waals surface area contributed by atoms with Crippen molar-refractivity contribution in [3.8, 4) is 11.5 Å². The molecule has 2 aromatic rings. The summed E-state index contributed by atoms with van der Waals surface area (Å²) in [5, 5.41) is 6.16. The van der Waals surface area contributed by atoms with Crippen LogP contribution in [0.4, 0.5) is 10.5 Å². The van der Waals surface area contributed by atoms with Crippen molar-refractivity contribution in [2.75, 3.05) is 19.5 Å². The van der Waals surface area contributed by atoms with Crippen LogP contribution >= 0.6 is 11.6 Å². The molecule has 1 atom stereocenters. The molecular weight excluding hydrogens is 316 g/mol. The molecule has 0 fully saturated rings. The monoisotopic (exact) mass is 334 g/mol. The van der Waals surface area contributed by atoms with Crippen molar-refractivity contribution in [3.05, 3.63) is 53.1 Å². The lowest BCUT2D eigenvalue weighted by molar-refractivity contribution is 0.249. The maximum absolute atomic E-state index is 12.1. The molecule has 6 heteroatoms. The number of urea groups is 1. The van der Waals surface area contributed by atoms with Gasteiger partial charge in [-0.1, -0.05) is 17.7 Å². The van der Waals surface area contributed by atoms with E-state index in [0.717, 1.165) is 5.56 Å². The zero-order valence-corrected chi connectivity index (χ0v) is 14.0. The normalized spacial score (nSPS) is 11.5. The second-order valence-corrected chi connectivity index (χ2v) is 5.37. The number of hydrogen-bond donors (Lipinski definition) is 2. The average molecular weight is 335 g/mol. The molecule has 0 radical (unpaired) electrons. The minimum Gasteiger partial charge on any atom is -0.497 e. The Morgan fingerprint density at radius 1 is 1.13 bits per heavy atom. The van der Waals surface area contributed by atoms with E-state index in [9.17, 15) is 4.79 Å². The highest BCUT2D eigenvalue weighted by Gasteiger charge is 2.15. The van der Waals surface area contributed by atoms with Crippen LogP contribution < -0.4 is 20.1 Å². The van der Waals surface area contributed by atoms with Gasteiger partial charge >= 0.3 is 6.03 Å². The Hall–Kier alpha value is -2.40. The van der Waals surface area contributed by atoms with Gasteiger partial charge in [0.15, 0.2) is 0 Å². The standard InChI is InChI=1S/C17H19ClN2O3/c1-11(15-10-14(22-2)7-8-16(15)23-3)19-17(21)20-13-6-4-5-12(18)9-13/h4-11H,1-3H3,(H2,19,20,21)/t11-/m1/s1. The van der Waals surface area contributed by atoms with E-state index in [4.69, 9.17) is 21.1 Å². The molecule has 0 aliphatic heterocycles. The third-order valence-corrected chi connectivity index (χ3v) is 3.57. The molecule has 0 bridgehead atoms. The molecular formula is C17H19ClN2O3. The summed E-state index contributed by atoms with van der Waals surface area (Å²) >= 11 is 5.90. The van der Waals surface area contributed by atoms with Crippen LogP contribution in [0.5, 0.6) is 11.5 Å². The Morgan fingerprint density at radius 3 is 2.57 bits per heavy atom. The first kappa shape index (κ1) is 17.0. The number of amides is 2. The Kier molecular flexibility index (Phi) is 5.71. The molecule has 2 N–H and O–H groups in total. The predicted molar refractivity (Wildman–Crippen MR) is 91.6 cm³/mol. The van der Waals surface area contributed by atoms with Crippen LogP contribution in [0.1, 0.15) is 18.5 Å². The van der Waals surface area contributed by atoms with Crippen LogP contribution in [0.25, 0.3) is 0 Å². The molecule has 5 nitrogen and oxygen atoms in total. The second kappa shape index (κ2) is 7.74. The summed E-state index contributed by atoms with van der Waals surface area (Å²) in [6.45, 7) is 1.87. The Balaban J connectivity index is 2.09. The summed E-state index contributed by atoms with van der Waals surface area (Å²) in [7, 11) is 3.18. The number of ether oxygens (including phenoxy) is 2. The third-order valence-electron chi connectivity index (χ3n) is 3.33. The van der Waals surface area contributed by atoms with Crippen molar-refractivity contribution in [2.45, 2.75) is 13.0 Å². The van der Waals surface area contributed by atoms with Crippen molar-refractivity contribution in [3.63, 3.8) is 0 Å². The molecule has 0 aromatic heterocycles. The fourth-order valence-electron chi connectivity index (χ4n) is 2.19. The van der Waals surface area contributed by atoms with E-state index >= 15 is 0 Å². The van der Waals surface area contributed by atoms with E-state index in [-0.39, 0.29) is 12.1 Å². The maximum Gasteiger partial charge on any atom is 0.319 e. The van der Waals surface area contributed by atoms with Crippen LogP contribution in [0.3, 0.4) is 0 Å². The molecule has 122 valence electrons. The molecule has 0 aliphatic rings. The van der Waals surface area contributed by atoms with Crippen LogP contribution in [-0.2, 0) is 0 Å². The van der Waals surface area contributed by atoms with E-state index in [2.05, 4.69) is 10.6 Å². The number of anilines is 1. The topological polar surface area (TPSA) is 59.6 Å². The van der Waals surface area contributed by atoms with Gasteiger partial charge in [-0.2, -0.15) is 0 Å². The molecule has 0 saturated carbocycles. The minimum atomic E-state index is -0.329. The highest BCUT2D eigenvalue weighted by Crippen LogP contribution is 2.29. The molecule has 0 spiro atoms. The number of hydrogen-bond acceptors (Lipinski definition) is 3. The van der Waals surface area contributed by atoms with Gasteiger partial charge in [0.2, 0.25) is 0 Å². The Labute approximate surface area is 140 Å². The van der Waals surface area contributed by atoms with E-state index < -0.39 is 0 Å². The fraction of sp³-hybridized carbons (Fsp3) is 0.235. The summed E-state index contributed by atoms with van der Waals surface area (Å²) in [5.41, 5.74) is 1.45. The summed E-state index contributed by atoms with van der Waals surface area (Å²) in [6, 6.07) is 11.8. The lowest BCUT2D eigenvalue weighted by atomic mass is 10.1. The van der Waals surface area contributed by atoms with E-state index in [1.54, 1.807) is 50.6 Å². The van der Waals surface area contributed by atoms with E-state index in [1.165, 1.54) is 0 Å². The number of benzene rings is 2. The number of rotatable bonds is 5. The lowest BCUT2D eigenvalue weighted by Gasteiger charge is -2.18. The molecule has 0 saturated heterocycles. The molecule has 0 heterocycles. The summed E-state index contributed by atoms with van der Waals surface area (Å²) in [5.74, 6) is 1.38. The van der Waals surface area contributed by atoms with Gasteiger partial charge in [0.05, 0.1) is 20.3 Å². The summed E-state index contributed by atoms with van der Waals surface area (Å²) in [4.78, 5) is 12.1. The molecule has 2 aromatic carbocycles. The SMILES string of the molecule is COc1ccc(OC)c([C@@H](C)NC(=O)Nc2cccc(Cl)c2)c1. The van der Waals surface area contributed by atoms with Gasteiger partial charge in [-0.15, -0.1) is 0 Å². The van der Waals surface area contributed by atoms with Crippen molar-refractivity contribution < 1.29 is 14.3 Å². The largest absolute Gasteiger partial charge is 0.497 e. The molecule has 0 unspecified atom stereocenters. The van der Waals surface area contributed by atoms with Crippen LogP contribution in [0.2, 0.25) is 5.02 Å². The quantitative estimate of drug-likeness (QED) is 0.859. The van der Waals surface area contributed by atoms with Gasteiger partial charge in [0.25, 0.3) is 0 Å². The van der Waals surface area contributed by atoms with Gasteiger partial charge in [-0.3, -0.25) is 0 Å². The van der Waals surface area contributed by atoms with Crippen molar-refractivity contribution in [1.82, 2.24) is 5.32 Å². The van der Waals surface area contributed by atoms with Crippen molar-refractivity contribution in [2.24, 2.45) is 0 Å². The predicted octanol–water partition coefficient (Wildman–Crippen LogP) is 4.24. The molecule has 23 heavy (non-hydrogen) atoms. The highest BCUT2D eigenvalue weighted by molar-refractivity contribution is 6.30. The van der Waals surface area contributed by atoms with Gasteiger partial charge in [-0.25, -0.2) is 4.79 Å². The number of carbonyl (C=O) groups excluding carboxylic acids is 1. The third kappa shape index (κ3) is 4.53. The fourth-order valence-corrected chi connectivity index (χ4v) is 2.38. The van der Waals surface area contributed by atoms with Crippen LogP contribution in [0.15, 0.2) is 42.5 Å². The number of carbonyl (C=O) groups is 1. The van der Waals surface area contributed by atoms with Crippen LogP contribution in [-0.4, -0.2) is 20.3 Å². The second-order valence-electron chi connectivity index (χ2n) is 4.94. The maximum atomic E-state index is 12.1. The van der Waals surface area contributed by atoms with Crippen LogP contribution in [0, 0.1) is 0 Å². The summed E-state index contributed by atoms with van der Waals surface area (Å²) < 4.78 is 10.6. The van der Waals surface area contributed by atoms with E-state index in [1.807, 2.05) is 13.0 Å². The molecule has 2 rings (SSSR count). The first-order valence-electron chi connectivity index (χ1n) is 7.08. The lowest BCUT2D eigenvalue weighted by Crippen LogP contribution is -2.31. The Morgan fingerprint density at radius 2 is 1.91 bits per heavy atom. The first-order chi connectivity index (χ1) is 11.0. The van der Waals surface area contributed by atoms with Crippen molar-refractivity contribution in [1.29, 1.82) is 0 Å². The zero-order valence-electron chi connectivity index (χ0n) is 13.2. The first-order valence-corrected chi connectivity index (χ1v) is 7.46. The van der Waals surface area contributed by atoms with Gasteiger partial charge in [-0.05, 0) is 43.3 Å². The van der Waals surface area contributed by atoms with Gasteiger partial charge in [0.1, 0.15) is 11.5 Å².